The highest BCUT2D eigenvalue weighted by molar-refractivity contribution is 5.96. The van der Waals surface area contributed by atoms with Crippen LogP contribution in [0.4, 0.5) is 16.2 Å². The number of nitrogens with zero attached hydrogens (tertiary/aromatic N) is 2. The molecule has 6 nitrogen and oxygen atoms in total. The molecule has 1 fully saturated rings. The predicted molar refractivity (Wildman–Crippen MR) is 83.1 cm³/mol. The molecule has 1 saturated heterocycles. The van der Waals surface area contributed by atoms with E-state index in [4.69, 9.17) is 5.73 Å². The van der Waals surface area contributed by atoms with Gasteiger partial charge < -0.3 is 16.0 Å². The number of nitrogens with one attached hydrogen (secondary N) is 1. The summed E-state index contributed by atoms with van der Waals surface area (Å²) in [7, 11) is 0. The molecule has 3 N–H and O–H groups in total. The summed E-state index contributed by atoms with van der Waals surface area (Å²) in [6, 6.07) is 7.03. The number of hydrogen-bond donors (Lipinski definition) is 2. The van der Waals surface area contributed by atoms with Crippen LogP contribution in [-0.2, 0) is 4.79 Å². The van der Waals surface area contributed by atoms with E-state index in [2.05, 4.69) is 12.2 Å². The molecule has 0 radical (unpaired) electrons. The maximum atomic E-state index is 12.3. The summed E-state index contributed by atoms with van der Waals surface area (Å²) in [4.78, 5) is 27.3. The molecule has 0 aliphatic carbocycles. The van der Waals surface area contributed by atoms with Crippen molar-refractivity contribution in [1.82, 2.24) is 10.2 Å². The molecule has 1 heterocycles. The zero-order chi connectivity index (χ0) is 15.2. The Labute approximate surface area is 124 Å². The predicted octanol–water partition coefficient (Wildman–Crippen LogP) is 1.43. The summed E-state index contributed by atoms with van der Waals surface area (Å²) >= 11 is 0. The molecular weight excluding hydrogens is 268 g/mol. The van der Waals surface area contributed by atoms with E-state index in [-0.39, 0.29) is 18.5 Å². The standard InChI is InChI=1S/C15H22N4O2/c1-2-3-8-17-14(20)11-18-9-10-19(15(18)21)13-6-4-12(16)5-7-13/h4-7H,2-3,8-11,16H2,1H3,(H,17,20). The van der Waals surface area contributed by atoms with Crippen molar-refractivity contribution < 1.29 is 9.59 Å². The van der Waals surface area contributed by atoms with Gasteiger partial charge in [0.1, 0.15) is 6.54 Å². The second-order valence-electron chi connectivity index (χ2n) is 5.15. The number of nitrogens with two attached hydrogens (primary N) is 1. The Morgan fingerprint density at radius 2 is 2.00 bits per heavy atom. The van der Waals surface area contributed by atoms with E-state index in [9.17, 15) is 9.59 Å². The van der Waals surface area contributed by atoms with Crippen molar-refractivity contribution in [1.29, 1.82) is 0 Å². The minimum absolute atomic E-state index is 0.101. The van der Waals surface area contributed by atoms with Crippen LogP contribution in [0.1, 0.15) is 19.8 Å². The first-order valence-electron chi connectivity index (χ1n) is 7.30. The summed E-state index contributed by atoms with van der Waals surface area (Å²) in [6.45, 7) is 4.00. The number of carbonyl (C=O) groups excluding carboxylic acids is 2. The second kappa shape index (κ2) is 6.97. The lowest BCUT2D eigenvalue weighted by molar-refractivity contribution is -0.121. The number of nitrogen functional groups attached to an aromatic ring is 1. The molecule has 3 amide bonds. The lowest BCUT2D eigenvalue weighted by atomic mass is 10.2. The molecule has 1 aliphatic rings. The molecule has 0 bridgehead atoms. The van der Waals surface area contributed by atoms with Gasteiger partial charge in [-0.15, -0.1) is 0 Å². The number of hydrogen-bond acceptors (Lipinski definition) is 3. The molecular formula is C15H22N4O2. The van der Waals surface area contributed by atoms with Crippen molar-refractivity contribution in [3.8, 4) is 0 Å². The van der Waals surface area contributed by atoms with Gasteiger partial charge in [0.2, 0.25) is 5.91 Å². The number of urea groups is 1. The fraction of sp³-hybridized carbons (Fsp3) is 0.467. The van der Waals surface area contributed by atoms with Crippen LogP contribution in [0.15, 0.2) is 24.3 Å². The average molecular weight is 290 g/mol. The van der Waals surface area contributed by atoms with Gasteiger partial charge in [-0.3, -0.25) is 9.69 Å². The summed E-state index contributed by atoms with van der Waals surface area (Å²) in [5, 5.41) is 2.83. The number of anilines is 2. The van der Waals surface area contributed by atoms with Gasteiger partial charge in [0.25, 0.3) is 0 Å². The third-order valence-electron chi connectivity index (χ3n) is 3.49. The Morgan fingerprint density at radius 3 is 2.67 bits per heavy atom. The highest BCUT2D eigenvalue weighted by Gasteiger charge is 2.30. The molecule has 1 aromatic carbocycles. The second-order valence-corrected chi connectivity index (χ2v) is 5.15. The van der Waals surface area contributed by atoms with E-state index in [1.807, 2.05) is 12.1 Å². The Kier molecular flexibility index (Phi) is 5.03. The fourth-order valence-electron chi connectivity index (χ4n) is 2.26. The molecule has 0 unspecified atom stereocenters. The van der Waals surface area contributed by atoms with Crippen LogP contribution in [0.3, 0.4) is 0 Å². The molecule has 1 aromatic rings. The largest absolute Gasteiger partial charge is 0.399 e. The Hall–Kier alpha value is -2.24. The van der Waals surface area contributed by atoms with Crippen molar-refractivity contribution in [3.63, 3.8) is 0 Å². The third-order valence-corrected chi connectivity index (χ3v) is 3.49. The monoisotopic (exact) mass is 290 g/mol. The first-order valence-corrected chi connectivity index (χ1v) is 7.30. The molecule has 2 rings (SSSR count). The average Bonchev–Trinajstić information content (AvgIpc) is 2.82. The van der Waals surface area contributed by atoms with Gasteiger partial charge in [0.05, 0.1) is 0 Å². The van der Waals surface area contributed by atoms with Gasteiger partial charge in [-0.1, -0.05) is 13.3 Å². The van der Waals surface area contributed by atoms with Crippen molar-refractivity contribution in [3.05, 3.63) is 24.3 Å². The summed E-state index contributed by atoms with van der Waals surface area (Å²) in [5.41, 5.74) is 7.12. The zero-order valence-electron chi connectivity index (χ0n) is 12.3. The highest BCUT2D eigenvalue weighted by atomic mass is 16.2. The summed E-state index contributed by atoms with van der Waals surface area (Å²) in [5.74, 6) is -0.101. The molecule has 21 heavy (non-hydrogen) atoms. The molecule has 0 atom stereocenters. The van der Waals surface area contributed by atoms with E-state index in [0.29, 0.717) is 25.3 Å². The highest BCUT2D eigenvalue weighted by Crippen LogP contribution is 2.21. The molecule has 0 saturated carbocycles. The van der Waals surface area contributed by atoms with Crippen LogP contribution in [0.2, 0.25) is 0 Å². The van der Waals surface area contributed by atoms with Crippen LogP contribution >= 0.6 is 0 Å². The van der Waals surface area contributed by atoms with Gasteiger partial charge >= 0.3 is 6.03 Å². The Morgan fingerprint density at radius 1 is 1.29 bits per heavy atom. The maximum absolute atomic E-state index is 12.3. The molecule has 1 aliphatic heterocycles. The van der Waals surface area contributed by atoms with Crippen LogP contribution in [0.5, 0.6) is 0 Å². The topological polar surface area (TPSA) is 78.7 Å². The molecule has 6 heteroatoms. The Balaban J connectivity index is 1.89. The number of amides is 3. The van der Waals surface area contributed by atoms with E-state index < -0.39 is 0 Å². The van der Waals surface area contributed by atoms with Crippen LogP contribution in [0.25, 0.3) is 0 Å². The lowest BCUT2D eigenvalue weighted by Gasteiger charge is -2.18. The minimum Gasteiger partial charge on any atom is -0.399 e. The van der Waals surface area contributed by atoms with Gasteiger partial charge in [0, 0.05) is 31.0 Å². The molecule has 0 aromatic heterocycles. The molecule has 114 valence electrons. The number of carbonyl (C=O) groups is 2. The maximum Gasteiger partial charge on any atom is 0.325 e. The van der Waals surface area contributed by atoms with E-state index in [1.165, 1.54) is 0 Å². The van der Waals surface area contributed by atoms with Gasteiger partial charge in [-0.25, -0.2) is 4.79 Å². The van der Waals surface area contributed by atoms with E-state index in [1.54, 1.807) is 21.9 Å². The zero-order valence-corrected chi connectivity index (χ0v) is 12.3. The smallest absolute Gasteiger partial charge is 0.325 e. The van der Waals surface area contributed by atoms with Crippen molar-refractivity contribution >= 4 is 23.3 Å². The van der Waals surface area contributed by atoms with E-state index in [0.717, 1.165) is 18.5 Å². The third kappa shape index (κ3) is 3.87. The number of benzene rings is 1. The quantitative estimate of drug-likeness (QED) is 0.614. The fourth-order valence-corrected chi connectivity index (χ4v) is 2.26. The van der Waals surface area contributed by atoms with Gasteiger partial charge in [0.15, 0.2) is 0 Å². The number of unbranched alkanes of at least 4 members (excludes halogenated alkanes) is 1. The van der Waals surface area contributed by atoms with Crippen LogP contribution in [-0.4, -0.2) is 43.0 Å². The SMILES string of the molecule is CCCCNC(=O)CN1CCN(c2ccc(N)cc2)C1=O. The van der Waals surface area contributed by atoms with Crippen LogP contribution < -0.4 is 16.0 Å². The van der Waals surface area contributed by atoms with Crippen molar-refractivity contribution in [2.45, 2.75) is 19.8 Å². The van der Waals surface area contributed by atoms with Crippen molar-refractivity contribution in [2.75, 3.05) is 36.8 Å². The van der Waals surface area contributed by atoms with Crippen LogP contribution in [0, 0.1) is 0 Å². The normalized spacial score (nSPS) is 14.6. The van der Waals surface area contributed by atoms with E-state index >= 15 is 0 Å². The van der Waals surface area contributed by atoms with Gasteiger partial charge in [-0.2, -0.15) is 0 Å². The van der Waals surface area contributed by atoms with Crippen molar-refractivity contribution in [2.24, 2.45) is 0 Å². The summed E-state index contributed by atoms with van der Waals surface area (Å²) in [6.07, 6.45) is 1.99. The lowest BCUT2D eigenvalue weighted by Crippen LogP contribution is -2.40. The molecule has 0 spiro atoms. The summed E-state index contributed by atoms with van der Waals surface area (Å²) < 4.78 is 0. The first-order chi connectivity index (χ1) is 10.1. The Bertz CT molecular complexity index is 501. The minimum atomic E-state index is -0.134. The number of rotatable bonds is 6. The first kappa shape index (κ1) is 15.2. The van der Waals surface area contributed by atoms with Gasteiger partial charge in [-0.05, 0) is 30.7 Å².